The van der Waals surface area contributed by atoms with E-state index in [9.17, 15) is 8.78 Å². The summed E-state index contributed by atoms with van der Waals surface area (Å²) in [5, 5.41) is 9.53. The molecule has 5 nitrogen and oxygen atoms in total. The molecular weight excluding hydrogens is 252 g/mol. The largest absolute Gasteiger partial charge is 0.371 e. The summed E-state index contributed by atoms with van der Waals surface area (Å²) in [6.07, 6.45) is 3.48. The number of pyridine rings is 1. The molecule has 0 aliphatic carbocycles. The smallest absolute Gasteiger partial charge is 0.168 e. The summed E-state index contributed by atoms with van der Waals surface area (Å²) in [7, 11) is 1.53. The van der Waals surface area contributed by atoms with E-state index < -0.39 is 11.6 Å². The van der Waals surface area contributed by atoms with Crippen LogP contribution in [0.15, 0.2) is 24.5 Å². The second kappa shape index (κ2) is 5.64. The van der Waals surface area contributed by atoms with Gasteiger partial charge in [0.05, 0.1) is 6.54 Å². The number of halogens is 2. The highest BCUT2D eigenvalue weighted by molar-refractivity contribution is 5.47. The van der Waals surface area contributed by atoms with Crippen molar-refractivity contribution in [3.8, 4) is 0 Å². The van der Waals surface area contributed by atoms with E-state index in [0.29, 0.717) is 6.54 Å². The topological polar surface area (TPSA) is 54.8 Å². The van der Waals surface area contributed by atoms with Crippen LogP contribution < -0.4 is 10.6 Å². The van der Waals surface area contributed by atoms with Crippen molar-refractivity contribution in [1.29, 1.82) is 0 Å². The first kappa shape index (κ1) is 13.3. The highest BCUT2D eigenvalue weighted by Gasteiger charge is 2.13. The third-order valence-corrected chi connectivity index (χ3v) is 2.57. The van der Waals surface area contributed by atoms with Crippen molar-refractivity contribution in [2.24, 2.45) is 0 Å². The number of hydrogen-bond acceptors (Lipinski definition) is 4. The number of nitrogens with zero attached hydrogens (tertiary/aromatic N) is 3. The van der Waals surface area contributed by atoms with Crippen molar-refractivity contribution in [2.45, 2.75) is 19.5 Å². The van der Waals surface area contributed by atoms with Gasteiger partial charge in [-0.05, 0) is 13.0 Å². The van der Waals surface area contributed by atoms with E-state index in [1.54, 1.807) is 10.9 Å². The zero-order chi connectivity index (χ0) is 13.8. The molecule has 7 heteroatoms. The quantitative estimate of drug-likeness (QED) is 0.871. The lowest BCUT2D eigenvalue weighted by atomic mass is 10.3. The second-order valence-electron chi connectivity index (χ2n) is 4.17. The van der Waals surface area contributed by atoms with Crippen molar-refractivity contribution in [3.05, 3.63) is 36.2 Å². The fraction of sp³-hybridized carbons (Fsp3) is 0.333. The summed E-state index contributed by atoms with van der Waals surface area (Å²) >= 11 is 0. The minimum Gasteiger partial charge on any atom is -0.371 e. The van der Waals surface area contributed by atoms with E-state index in [1.807, 2.05) is 19.2 Å². The van der Waals surface area contributed by atoms with Crippen molar-refractivity contribution in [1.82, 2.24) is 14.8 Å². The van der Waals surface area contributed by atoms with Gasteiger partial charge in [0.1, 0.15) is 0 Å². The Hall–Kier alpha value is -2.18. The molecule has 2 aromatic heterocycles. The molecule has 2 heterocycles. The Morgan fingerprint density at radius 1 is 1.32 bits per heavy atom. The van der Waals surface area contributed by atoms with Crippen LogP contribution in [0, 0.1) is 11.6 Å². The fourth-order valence-electron chi connectivity index (χ4n) is 1.71. The predicted molar refractivity (Wildman–Crippen MR) is 69.0 cm³/mol. The van der Waals surface area contributed by atoms with Gasteiger partial charge < -0.3 is 10.6 Å². The van der Waals surface area contributed by atoms with E-state index in [2.05, 4.69) is 20.7 Å². The predicted octanol–water partition coefficient (Wildman–Crippen LogP) is 2.10. The van der Waals surface area contributed by atoms with Crippen LogP contribution in [0.2, 0.25) is 0 Å². The van der Waals surface area contributed by atoms with Crippen molar-refractivity contribution >= 4 is 11.6 Å². The first-order valence-electron chi connectivity index (χ1n) is 5.88. The molecule has 0 aromatic carbocycles. The van der Waals surface area contributed by atoms with E-state index >= 15 is 0 Å². The van der Waals surface area contributed by atoms with Crippen LogP contribution >= 0.6 is 0 Å². The van der Waals surface area contributed by atoms with Crippen LogP contribution in [0.1, 0.15) is 6.92 Å². The highest BCUT2D eigenvalue weighted by atomic mass is 19.1. The van der Waals surface area contributed by atoms with Gasteiger partial charge in [0.25, 0.3) is 0 Å². The maximum Gasteiger partial charge on any atom is 0.168 e. The van der Waals surface area contributed by atoms with Crippen molar-refractivity contribution < 1.29 is 8.78 Å². The Labute approximate surface area is 109 Å². The highest BCUT2D eigenvalue weighted by Crippen LogP contribution is 2.19. The molecule has 0 bridgehead atoms. The lowest BCUT2D eigenvalue weighted by Gasteiger charge is -2.16. The van der Waals surface area contributed by atoms with Crippen LogP contribution in [0.3, 0.4) is 0 Å². The first-order chi connectivity index (χ1) is 9.10. The number of rotatable bonds is 5. The van der Waals surface area contributed by atoms with Gasteiger partial charge in [-0.3, -0.25) is 4.68 Å². The molecule has 0 saturated carbocycles. The molecule has 1 atom stereocenters. The Balaban J connectivity index is 2.09. The molecule has 0 aliphatic heterocycles. The third kappa shape index (κ3) is 3.18. The fourth-order valence-corrected chi connectivity index (χ4v) is 1.71. The molecule has 2 rings (SSSR count). The Kier molecular flexibility index (Phi) is 3.94. The molecule has 1 unspecified atom stereocenters. The molecule has 0 amide bonds. The lowest BCUT2D eigenvalue weighted by molar-refractivity contribution is 0.547. The standard InChI is InChI=1S/C12H15F2N5/c1-8(7-19-5-3-4-16-19)17-12-10(14)6-9(13)11(15-2)18-12/h3-6,8H,7H2,1-2H3,(H2,15,17,18). The summed E-state index contributed by atoms with van der Waals surface area (Å²) in [6, 6.07) is 2.52. The molecule has 2 N–H and O–H groups in total. The minimum absolute atomic E-state index is 0.00943. The van der Waals surface area contributed by atoms with Gasteiger partial charge in [-0.2, -0.15) is 5.10 Å². The maximum absolute atomic E-state index is 13.6. The monoisotopic (exact) mass is 267 g/mol. The molecule has 2 aromatic rings. The van der Waals surface area contributed by atoms with Gasteiger partial charge in [0.15, 0.2) is 23.3 Å². The summed E-state index contributed by atoms with van der Waals surface area (Å²) < 4.78 is 28.6. The third-order valence-electron chi connectivity index (χ3n) is 2.57. The number of nitrogens with one attached hydrogen (secondary N) is 2. The SMILES string of the molecule is CNc1nc(NC(C)Cn2cccn2)c(F)cc1F. The zero-order valence-electron chi connectivity index (χ0n) is 10.7. The van der Waals surface area contributed by atoms with Gasteiger partial charge >= 0.3 is 0 Å². The van der Waals surface area contributed by atoms with Crippen LogP contribution in [0.25, 0.3) is 0 Å². The summed E-state index contributed by atoms with van der Waals surface area (Å²) in [5.41, 5.74) is 0. The van der Waals surface area contributed by atoms with E-state index in [1.165, 1.54) is 7.05 Å². The van der Waals surface area contributed by atoms with E-state index in [0.717, 1.165) is 6.07 Å². The van der Waals surface area contributed by atoms with E-state index in [4.69, 9.17) is 0 Å². The molecule has 0 fully saturated rings. The molecular formula is C12H15F2N5. The second-order valence-corrected chi connectivity index (χ2v) is 4.17. The Morgan fingerprint density at radius 3 is 2.68 bits per heavy atom. The lowest BCUT2D eigenvalue weighted by Crippen LogP contribution is -2.23. The average Bonchev–Trinajstić information content (AvgIpc) is 2.85. The zero-order valence-corrected chi connectivity index (χ0v) is 10.7. The normalized spacial score (nSPS) is 12.2. The minimum atomic E-state index is -0.719. The summed E-state index contributed by atoms with van der Waals surface area (Å²) in [4.78, 5) is 3.86. The molecule has 0 radical (unpaired) electrons. The van der Waals surface area contributed by atoms with Gasteiger partial charge in [-0.1, -0.05) is 0 Å². The number of anilines is 2. The van der Waals surface area contributed by atoms with Crippen LogP contribution in [-0.4, -0.2) is 27.9 Å². The van der Waals surface area contributed by atoms with Gasteiger partial charge in [-0.15, -0.1) is 0 Å². The van der Waals surface area contributed by atoms with Gasteiger partial charge in [-0.25, -0.2) is 13.8 Å². The van der Waals surface area contributed by atoms with Crippen LogP contribution in [-0.2, 0) is 6.54 Å². The Bertz CT molecular complexity index is 541. The molecule has 0 spiro atoms. The maximum atomic E-state index is 13.6. The molecule has 0 aliphatic rings. The molecule has 0 saturated heterocycles. The van der Waals surface area contributed by atoms with Crippen molar-refractivity contribution in [2.75, 3.05) is 17.7 Å². The van der Waals surface area contributed by atoms with Crippen molar-refractivity contribution in [3.63, 3.8) is 0 Å². The van der Waals surface area contributed by atoms with Crippen LogP contribution in [0.4, 0.5) is 20.4 Å². The van der Waals surface area contributed by atoms with Gasteiger partial charge in [0, 0.05) is 31.5 Å². The van der Waals surface area contributed by atoms with E-state index in [-0.39, 0.29) is 17.7 Å². The molecule has 19 heavy (non-hydrogen) atoms. The summed E-state index contributed by atoms with van der Waals surface area (Å²) in [5.74, 6) is -1.41. The average molecular weight is 267 g/mol. The number of hydrogen-bond donors (Lipinski definition) is 2. The number of aromatic nitrogens is 3. The van der Waals surface area contributed by atoms with Gasteiger partial charge in [0.2, 0.25) is 0 Å². The summed E-state index contributed by atoms with van der Waals surface area (Å²) in [6.45, 7) is 2.42. The Morgan fingerprint density at radius 2 is 2.05 bits per heavy atom. The van der Waals surface area contributed by atoms with Crippen LogP contribution in [0.5, 0.6) is 0 Å². The molecule has 102 valence electrons. The first-order valence-corrected chi connectivity index (χ1v) is 5.88.